The van der Waals surface area contributed by atoms with Crippen molar-refractivity contribution in [3.05, 3.63) is 42.1 Å². The molecule has 1 fully saturated rings. The van der Waals surface area contributed by atoms with Crippen LogP contribution in [-0.2, 0) is 0 Å². The number of hydrogen-bond acceptors (Lipinski definition) is 3. The first kappa shape index (κ1) is 12.9. The number of nitrogens with one attached hydrogen (secondary N) is 1. The molecule has 2 nitrogen and oxygen atoms in total. The molecule has 1 saturated heterocycles. The van der Waals surface area contributed by atoms with Gasteiger partial charge in [-0.15, -0.1) is 0 Å². The van der Waals surface area contributed by atoms with E-state index in [2.05, 4.69) is 53.4 Å². The molecule has 0 spiro atoms. The van der Waals surface area contributed by atoms with E-state index in [0.717, 1.165) is 5.52 Å². The number of aromatic nitrogens is 1. The summed E-state index contributed by atoms with van der Waals surface area (Å²) in [7, 11) is 2.08. The molecule has 100 valence electrons. The average Bonchev–Trinajstić information content (AvgIpc) is 2.49. The average molecular weight is 272 g/mol. The minimum absolute atomic E-state index is 0.454. The predicted molar refractivity (Wildman–Crippen MR) is 83.6 cm³/mol. The van der Waals surface area contributed by atoms with Crippen LogP contribution in [0.15, 0.2) is 36.5 Å². The minimum atomic E-state index is 0.454. The monoisotopic (exact) mass is 272 g/mol. The molecular formula is C16H20N2S. The molecule has 2 heterocycles. The van der Waals surface area contributed by atoms with Crippen LogP contribution in [-0.4, -0.2) is 23.0 Å². The number of benzene rings is 1. The summed E-state index contributed by atoms with van der Waals surface area (Å²) in [6, 6.07) is 11.3. The molecule has 2 atom stereocenters. The lowest BCUT2D eigenvalue weighted by Crippen LogP contribution is -2.29. The van der Waals surface area contributed by atoms with E-state index in [1.54, 1.807) is 0 Å². The second kappa shape index (κ2) is 5.93. The molecule has 19 heavy (non-hydrogen) atoms. The quantitative estimate of drug-likeness (QED) is 0.920. The Morgan fingerprint density at radius 2 is 2.26 bits per heavy atom. The molecule has 1 aliphatic heterocycles. The van der Waals surface area contributed by atoms with Crippen molar-refractivity contribution in [2.24, 2.45) is 0 Å². The molecule has 0 saturated carbocycles. The smallest absolute Gasteiger partial charge is 0.0702 e. The van der Waals surface area contributed by atoms with Crippen molar-refractivity contribution in [2.75, 3.05) is 12.8 Å². The van der Waals surface area contributed by atoms with Crippen LogP contribution in [0.1, 0.15) is 30.9 Å². The Hall–Kier alpha value is -1.06. The zero-order valence-corrected chi connectivity index (χ0v) is 12.1. The zero-order valence-electron chi connectivity index (χ0n) is 11.3. The van der Waals surface area contributed by atoms with Crippen LogP contribution in [0.5, 0.6) is 0 Å². The standard InChI is InChI=1S/C16H20N2S/c1-17-16(15-6-2-3-10-19-15)13-7-8-14-12(11-13)5-4-9-18-14/h4-5,7-9,11,15-17H,2-3,6,10H2,1H3. The normalized spacial score (nSPS) is 21.4. The van der Waals surface area contributed by atoms with Crippen LogP contribution in [0.25, 0.3) is 10.9 Å². The van der Waals surface area contributed by atoms with Gasteiger partial charge in [0, 0.05) is 22.9 Å². The van der Waals surface area contributed by atoms with Gasteiger partial charge in [0.1, 0.15) is 0 Å². The van der Waals surface area contributed by atoms with E-state index < -0.39 is 0 Å². The molecule has 0 amide bonds. The highest BCUT2D eigenvalue weighted by atomic mass is 32.2. The van der Waals surface area contributed by atoms with Crippen molar-refractivity contribution >= 4 is 22.7 Å². The maximum Gasteiger partial charge on any atom is 0.0702 e. The zero-order chi connectivity index (χ0) is 13.1. The SMILES string of the molecule is CNC(c1ccc2ncccc2c1)C1CCCCS1. The number of thioether (sulfide) groups is 1. The molecule has 0 radical (unpaired) electrons. The van der Waals surface area contributed by atoms with Gasteiger partial charge in [0.05, 0.1) is 5.52 Å². The van der Waals surface area contributed by atoms with Gasteiger partial charge in [-0.1, -0.05) is 18.6 Å². The Balaban J connectivity index is 1.91. The van der Waals surface area contributed by atoms with E-state index in [9.17, 15) is 0 Å². The van der Waals surface area contributed by atoms with Gasteiger partial charge < -0.3 is 5.32 Å². The summed E-state index contributed by atoms with van der Waals surface area (Å²) >= 11 is 2.12. The Kier molecular flexibility index (Phi) is 4.04. The van der Waals surface area contributed by atoms with Crippen LogP contribution in [0, 0.1) is 0 Å². The van der Waals surface area contributed by atoms with E-state index in [1.165, 1.54) is 36.0 Å². The summed E-state index contributed by atoms with van der Waals surface area (Å²) in [4.78, 5) is 4.39. The highest BCUT2D eigenvalue weighted by Crippen LogP contribution is 2.35. The Bertz CT molecular complexity index is 549. The van der Waals surface area contributed by atoms with Crippen molar-refractivity contribution in [1.82, 2.24) is 10.3 Å². The first-order valence-corrected chi connectivity index (χ1v) is 8.07. The number of rotatable bonds is 3. The molecular weight excluding hydrogens is 252 g/mol. The highest BCUT2D eigenvalue weighted by molar-refractivity contribution is 8.00. The summed E-state index contributed by atoms with van der Waals surface area (Å²) in [5, 5.41) is 5.45. The van der Waals surface area contributed by atoms with Crippen molar-refractivity contribution in [2.45, 2.75) is 30.6 Å². The van der Waals surface area contributed by atoms with Crippen LogP contribution >= 0.6 is 11.8 Å². The van der Waals surface area contributed by atoms with Crippen LogP contribution in [0.2, 0.25) is 0 Å². The van der Waals surface area contributed by atoms with Gasteiger partial charge in [0.2, 0.25) is 0 Å². The summed E-state index contributed by atoms with van der Waals surface area (Å²) in [6.45, 7) is 0. The molecule has 1 aromatic heterocycles. The van der Waals surface area contributed by atoms with E-state index in [0.29, 0.717) is 11.3 Å². The van der Waals surface area contributed by atoms with Crippen LogP contribution in [0.3, 0.4) is 0 Å². The second-order valence-electron chi connectivity index (χ2n) is 5.13. The molecule has 2 aromatic rings. The highest BCUT2D eigenvalue weighted by Gasteiger charge is 2.24. The third-order valence-electron chi connectivity index (χ3n) is 3.88. The molecule has 1 aromatic carbocycles. The maximum absolute atomic E-state index is 4.39. The lowest BCUT2D eigenvalue weighted by molar-refractivity contribution is 0.516. The van der Waals surface area contributed by atoms with Gasteiger partial charge in [-0.05, 0) is 49.4 Å². The fraction of sp³-hybridized carbons (Fsp3) is 0.438. The van der Waals surface area contributed by atoms with Crippen LogP contribution < -0.4 is 5.32 Å². The van der Waals surface area contributed by atoms with E-state index in [1.807, 2.05) is 12.3 Å². The fourth-order valence-corrected chi connectivity index (χ4v) is 4.38. The van der Waals surface area contributed by atoms with Crippen molar-refractivity contribution in [3.8, 4) is 0 Å². The summed E-state index contributed by atoms with van der Waals surface area (Å²) in [5.41, 5.74) is 2.47. The minimum Gasteiger partial charge on any atom is -0.312 e. The molecule has 3 rings (SSSR count). The van der Waals surface area contributed by atoms with Gasteiger partial charge >= 0.3 is 0 Å². The van der Waals surface area contributed by atoms with Gasteiger partial charge in [0.25, 0.3) is 0 Å². The predicted octanol–water partition coefficient (Wildman–Crippen LogP) is 3.78. The van der Waals surface area contributed by atoms with Crippen molar-refractivity contribution in [1.29, 1.82) is 0 Å². The summed E-state index contributed by atoms with van der Waals surface area (Å²) in [6.07, 6.45) is 5.92. The Morgan fingerprint density at radius 3 is 3.05 bits per heavy atom. The second-order valence-corrected chi connectivity index (χ2v) is 6.47. The van der Waals surface area contributed by atoms with E-state index in [-0.39, 0.29) is 0 Å². The Labute approximate surface area is 119 Å². The topological polar surface area (TPSA) is 24.9 Å². The van der Waals surface area contributed by atoms with Gasteiger partial charge in [-0.25, -0.2) is 0 Å². The number of nitrogens with zero attached hydrogens (tertiary/aromatic N) is 1. The molecule has 0 bridgehead atoms. The first-order chi connectivity index (χ1) is 9.38. The van der Waals surface area contributed by atoms with E-state index >= 15 is 0 Å². The Morgan fingerprint density at radius 1 is 1.32 bits per heavy atom. The maximum atomic E-state index is 4.39. The van der Waals surface area contributed by atoms with Crippen LogP contribution in [0.4, 0.5) is 0 Å². The van der Waals surface area contributed by atoms with Crippen molar-refractivity contribution in [3.63, 3.8) is 0 Å². The third-order valence-corrected chi connectivity index (χ3v) is 5.34. The lowest BCUT2D eigenvalue weighted by Gasteiger charge is -2.30. The van der Waals surface area contributed by atoms with Gasteiger partial charge in [-0.3, -0.25) is 4.98 Å². The summed E-state index contributed by atoms with van der Waals surface area (Å²) < 4.78 is 0. The number of hydrogen-bond donors (Lipinski definition) is 1. The van der Waals surface area contributed by atoms with Crippen molar-refractivity contribution < 1.29 is 0 Å². The molecule has 1 aliphatic rings. The lowest BCUT2D eigenvalue weighted by atomic mass is 9.98. The fourth-order valence-electron chi connectivity index (χ4n) is 2.88. The number of fused-ring (bicyclic) bond motifs is 1. The molecule has 2 unspecified atom stereocenters. The third kappa shape index (κ3) is 2.77. The van der Waals surface area contributed by atoms with Gasteiger partial charge in [0.15, 0.2) is 0 Å². The molecule has 3 heteroatoms. The number of pyridine rings is 1. The largest absolute Gasteiger partial charge is 0.312 e. The first-order valence-electron chi connectivity index (χ1n) is 7.02. The summed E-state index contributed by atoms with van der Waals surface area (Å²) in [5.74, 6) is 1.30. The molecule has 1 N–H and O–H groups in total. The van der Waals surface area contributed by atoms with Gasteiger partial charge in [-0.2, -0.15) is 11.8 Å². The molecule has 0 aliphatic carbocycles. The van der Waals surface area contributed by atoms with E-state index in [4.69, 9.17) is 0 Å².